The molecule has 2 aromatic rings. The third-order valence-corrected chi connectivity index (χ3v) is 3.49. The van der Waals surface area contributed by atoms with E-state index in [1.165, 1.54) is 32.4 Å². The average molecular weight is 379 g/mol. The second-order valence-electron chi connectivity index (χ2n) is 4.87. The minimum atomic E-state index is -0.858. The summed E-state index contributed by atoms with van der Waals surface area (Å²) in [5.74, 6) is -0.624. The van der Waals surface area contributed by atoms with Gasteiger partial charge >= 0.3 is 0 Å². The molecule has 9 nitrogen and oxygen atoms in total. The Morgan fingerprint density at radius 1 is 1.23 bits per heavy atom. The number of hydrazone groups is 1. The molecular weight excluding hydrogens is 366 g/mol. The summed E-state index contributed by atoms with van der Waals surface area (Å²) in [5.41, 5.74) is 1.65. The van der Waals surface area contributed by atoms with Gasteiger partial charge < -0.3 is 14.6 Å². The van der Waals surface area contributed by atoms with Crippen molar-refractivity contribution in [2.45, 2.75) is 0 Å². The molecule has 0 saturated carbocycles. The lowest BCUT2D eigenvalue weighted by Crippen LogP contribution is -2.18. The first-order valence-corrected chi connectivity index (χ1v) is 7.45. The van der Waals surface area contributed by atoms with Crippen LogP contribution >= 0.6 is 11.6 Å². The fraction of sp³-hybridized carbons (Fsp3) is 0.125. The van der Waals surface area contributed by atoms with E-state index in [0.717, 1.165) is 12.3 Å². The molecule has 0 aliphatic rings. The Kier molecular flexibility index (Phi) is 5.97. The highest BCUT2D eigenvalue weighted by Crippen LogP contribution is 2.30. The number of benzene rings is 2. The van der Waals surface area contributed by atoms with E-state index in [4.69, 9.17) is 21.1 Å². The monoisotopic (exact) mass is 378 g/mol. The number of carbonyl (C=O) groups excluding carboxylic acids is 1. The molecule has 0 radical (unpaired) electrons. The number of ether oxygens (including phenoxy) is 2. The lowest BCUT2D eigenvalue weighted by Gasteiger charge is -2.11. The maximum Gasteiger partial charge on any atom is 0.271 e. The highest BCUT2D eigenvalue weighted by molar-refractivity contribution is 6.31. The average Bonchev–Trinajstić information content (AvgIpc) is 2.63. The van der Waals surface area contributed by atoms with E-state index < -0.39 is 22.3 Å². The van der Waals surface area contributed by atoms with Crippen LogP contribution in [0.4, 0.5) is 5.69 Å². The number of hydrogen-bond acceptors (Lipinski definition) is 7. The number of nitrogens with zero attached hydrogens (tertiary/aromatic N) is 2. The number of methoxy groups -OCH3 is 2. The molecule has 2 rings (SSSR count). The molecule has 0 unspecified atom stereocenters. The normalized spacial score (nSPS) is 10.6. The Bertz CT molecular complexity index is 885. The van der Waals surface area contributed by atoms with Gasteiger partial charge in [0.05, 0.1) is 25.4 Å². The molecule has 0 heterocycles. The zero-order chi connectivity index (χ0) is 19.3. The van der Waals surface area contributed by atoms with Gasteiger partial charge in [0.15, 0.2) is 11.5 Å². The SMILES string of the molecule is COc1ccc(C(=O)N/N=C\c2cc(Cl)cc([N+](=O)[O-])c2[O-])cc1OC. The maximum atomic E-state index is 12.1. The van der Waals surface area contributed by atoms with Gasteiger partial charge in [-0.3, -0.25) is 14.9 Å². The zero-order valence-electron chi connectivity index (χ0n) is 13.7. The predicted molar refractivity (Wildman–Crippen MR) is 92.2 cm³/mol. The first kappa shape index (κ1) is 19.0. The van der Waals surface area contributed by atoms with Crippen molar-refractivity contribution in [3.8, 4) is 17.2 Å². The summed E-state index contributed by atoms with van der Waals surface area (Å²) < 4.78 is 10.2. The predicted octanol–water partition coefficient (Wildman–Crippen LogP) is 2.10. The van der Waals surface area contributed by atoms with Crippen LogP contribution in [0.2, 0.25) is 5.02 Å². The molecule has 1 N–H and O–H groups in total. The van der Waals surface area contributed by atoms with Crippen molar-refractivity contribution in [1.82, 2.24) is 5.43 Å². The van der Waals surface area contributed by atoms with Gasteiger partial charge in [-0.25, -0.2) is 5.43 Å². The third kappa shape index (κ3) is 4.19. The van der Waals surface area contributed by atoms with Crippen molar-refractivity contribution in [3.05, 3.63) is 56.6 Å². The first-order valence-electron chi connectivity index (χ1n) is 7.07. The summed E-state index contributed by atoms with van der Waals surface area (Å²) in [4.78, 5) is 22.1. The van der Waals surface area contributed by atoms with Crippen LogP contribution in [0.5, 0.6) is 17.2 Å². The van der Waals surface area contributed by atoms with Crippen molar-refractivity contribution in [1.29, 1.82) is 0 Å². The summed E-state index contributed by atoms with van der Waals surface area (Å²) in [7, 11) is 2.89. The molecule has 0 aliphatic carbocycles. The van der Waals surface area contributed by atoms with Crippen LogP contribution in [-0.2, 0) is 0 Å². The number of amides is 1. The van der Waals surface area contributed by atoms with Gasteiger partial charge in [-0.05, 0) is 35.6 Å². The van der Waals surface area contributed by atoms with Gasteiger partial charge in [0.2, 0.25) is 0 Å². The van der Waals surface area contributed by atoms with Crippen LogP contribution in [-0.4, -0.2) is 31.3 Å². The largest absolute Gasteiger partial charge is 0.867 e. The summed E-state index contributed by atoms with van der Waals surface area (Å²) >= 11 is 5.75. The number of nitro groups is 1. The number of nitrogens with one attached hydrogen (secondary N) is 1. The molecule has 0 fully saturated rings. The second kappa shape index (κ2) is 8.17. The van der Waals surface area contributed by atoms with E-state index >= 15 is 0 Å². The second-order valence-corrected chi connectivity index (χ2v) is 5.31. The molecule has 0 aliphatic heterocycles. The van der Waals surface area contributed by atoms with Crippen LogP contribution < -0.4 is 20.0 Å². The topological polar surface area (TPSA) is 126 Å². The highest BCUT2D eigenvalue weighted by atomic mass is 35.5. The van der Waals surface area contributed by atoms with E-state index in [1.807, 2.05) is 0 Å². The van der Waals surface area contributed by atoms with Gasteiger partial charge in [0.25, 0.3) is 11.6 Å². The Labute approximate surface area is 153 Å². The van der Waals surface area contributed by atoms with Crippen LogP contribution in [0.15, 0.2) is 35.4 Å². The third-order valence-electron chi connectivity index (χ3n) is 3.27. The van der Waals surface area contributed by atoms with Crippen LogP contribution in [0, 0.1) is 10.1 Å². The molecule has 10 heteroatoms. The standard InChI is InChI=1S/C16H14ClN3O6/c1-25-13-4-3-9(6-14(13)26-2)16(22)19-18-8-10-5-11(17)7-12(15(10)21)20(23)24/h3-8,21H,1-2H3,(H,19,22)/p-1/b18-8-. The van der Waals surface area contributed by atoms with Gasteiger partial charge in [0.1, 0.15) is 0 Å². The first-order chi connectivity index (χ1) is 12.4. The van der Waals surface area contributed by atoms with E-state index in [2.05, 4.69) is 10.5 Å². The number of hydrogen-bond donors (Lipinski definition) is 1. The van der Waals surface area contributed by atoms with Crippen molar-refractivity contribution in [2.75, 3.05) is 14.2 Å². The highest BCUT2D eigenvalue weighted by Gasteiger charge is 2.12. The van der Waals surface area contributed by atoms with Gasteiger partial charge in [-0.2, -0.15) is 5.10 Å². The quantitative estimate of drug-likeness (QED) is 0.466. The van der Waals surface area contributed by atoms with Crippen molar-refractivity contribution in [2.24, 2.45) is 5.10 Å². The summed E-state index contributed by atoms with van der Waals surface area (Å²) in [6.07, 6.45) is 0.986. The van der Waals surface area contributed by atoms with Crippen molar-refractivity contribution < 1.29 is 24.3 Å². The van der Waals surface area contributed by atoms with E-state index in [-0.39, 0.29) is 16.1 Å². The van der Waals surface area contributed by atoms with Crippen molar-refractivity contribution in [3.63, 3.8) is 0 Å². The molecule has 1 amide bonds. The summed E-state index contributed by atoms with van der Waals surface area (Å²) in [6, 6.07) is 6.66. The molecule has 0 saturated heterocycles. The van der Waals surface area contributed by atoms with Gasteiger partial charge in [-0.1, -0.05) is 11.6 Å². The molecular formula is C16H13ClN3O6-. The Balaban J connectivity index is 2.18. The summed E-state index contributed by atoms with van der Waals surface area (Å²) in [6.45, 7) is 0. The van der Waals surface area contributed by atoms with Gasteiger partial charge in [-0.15, -0.1) is 0 Å². The molecule has 26 heavy (non-hydrogen) atoms. The molecule has 0 bridgehead atoms. The van der Waals surface area contributed by atoms with Crippen LogP contribution in [0.3, 0.4) is 0 Å². The fourth-order valence-corrected chi connectivity index (χ4v) is 2.25. The maximum absolute atomic E-state index is 12.1. The number of halogens is 1. The Morgan fingerprint density at radius 3 is 2.54 bits per heavy atom. The Morgan fingerprint density at radius 2 is 1.92 bits per heavy atom. The number of carbonyl (C=O) groups is 1. The molecule has 0 aromatic heterocycles. The molecule has 0 spiro atoms. The minimum absolute atomic E-state index is 0.00367. The van der Waals surface area contributed by atoms with Crippen molar-refractivity contribution >= 4 is 29.4 Å². The minimum Gasteiger partial charge on any atom is -0.867 e. The molecule has 0 atom stereocenters. The smallest absolute Gasteiger partial charge is 0.271 e. The zero-order valence-corrected chi connectivity index (χ0v) is 14.4. The Hall–Kier alpha value is -3.33. The van der Waals surface area contributed by atoms with Gasteiger partial charge in [0, 0.05) is 16.7 Å². The van der Waals surface area contributed by atoms with E-state index in [9.17, 15) is 20.0 Å². The van der Waals surface area contributed by atoms with E-state index in [1.54, 1.807) is 6.07 Å². The van der Waals surface area contributed by atoms with Crippen LogP contribution in [0.1, 0.15) is 15.9 Å². The fourth-order valence-electron chi connectivity index (χ4n) is 2.03. The number of nitro benzene ring substituents is 1. The molecule has 2 aromatic carbocycles. The molecule has 136 valence electrons. The summed E-state index contributed by atoms with van der Waals surface area (Å²) in [5, 5.41) is 26.4. The van der Waals surface area contributed by atoms with Crippen LogP contribution in [0.25, 0.3) is 0 Å². The lowest BCUT2D eigenvalue weighted by molar-refractivity contribution is -0.398. The number of rotatable bonds is 6. The lowest BCUT2D eigenvalue weighted by atomic mass is 10.2. The van der Waals surface area contributed by atoms with E-state index in [0.29, 0.717) is 11.5 Å².